The van der Waals surface area contributed by atoms with Crippen LogP contribution in [0, 0.1) is 0 Å². The first-order valence-electron chi connectivity index (χ1n) is 9.22. The molecule has 0 atom stereocenters. The molecule has 0 aliphatic heterocycles. The Balaban J connectivity index is 1.94. The summed E-state index contributed by atoms with van der Waals surface area (Å²) in [5.74, 6) is -0.711. The number of hydrogen-bond donors (Lipinski definition) is 0. The molecule has 0 amide bonds. The van der Waals surface area contributed by atoms with Gasteiger partial charge in [-0.2, -0.15) is 0 Å². The van der Waals surface area contributed by atoms with Gasteiger partial charge in [0.1, 0.15) is 0 Å². The summed E-state index contributed by atoms with van der Waals surface area (Å²) >= 11 is 0. The average molecular weight is 298 g/mol. The Morgan fingerprint density at radius 3 is 1.38 bits per heavy atom. The van der Waals surface area contributed by atoms with Gasteiger partial charge in [-0.1, -0.05) is 26.7 Å². The van der Waals surface area contributed by atoms with E-state index in [-0.39, 0.29) is 11.6 Å². The molecule has 0 aromatic carbocycles. The summed E-state index contributed by atoms with van der Waals surface area (Å²) in [4.78, 5) is 0. The first-order valence-corrected chi connectivity index (χ1v) is 9.22. The summed E-state index contributed by atoms with van der Waals surface area (Å²) in [7, 11) is 0. The molecule has 0 radical (unpaired) electrons. The standard InChI is InChI=1S/C18H34O3/c1-3-5-15-19-17(11-7-8-12-17)21-18(13-9-10-14-18)20-16-6-4-2/h3-16H2,1-2H3. The summed E-state index contributed by atoms with van der Waals surface area (Å²) in [6, 6.07) is 0. The molecule has 0 aromatic heterocycles. The van der Waals surface area contributed by atoms with Crippen LogP contribution < -0.4 is 0 Å². The lowest BCUT2D eigenvalue weighted by Gasteiger charge is -2.40. The van der Waals surface area contributed by atoms with Gasteiger partial charge in [-0.05, 0) is 38.5 Å². The molecule has 0 aromatic rings. The second kappa shape index (κ2) is 8.50. The van der Waals surface area contributed by atoms with Crippen LogP contribution in [0.1, 0.15) is 90.9 Å². The zero-order valence-corrected chi connectivity index (χ0v) is 14.1. The SMILES string of the molecule is CCCCOC1(OC2(OCCCC)CCCC2)CCCC1. The number of ether oxygens (including phenoxy) is 3. The number of hydrogen-bond acceptors (Lipinski definition) is 3. The second-order valence-corrected chi connectivity index (χ2v) is 6.74. The van der Waals surface area contributed by atoms with Crippen LogP contribution in [-0.4, -0.2) is 24.8 Å². The molecule has 0 heterocycles. The van der Waals surface area contributed by atoms with Crippen LogP contribution in [0.4, 0.5) is 0 Å². The molecular weight excluding hydrogens is 264 g/mol. The molecule has 21 heavy (non-hydrogen) atoms. The summed E-state index contributed by atoms with van der Waals surface area (Å²) in [5.41, 5.74) is 0. The summed E-state index contributed by atoms with van der Waals surface area (Å²) in [6.45, 7) is 6.05. The van der Waals surface area contributed by atoms with Crippen molar-refractivity contribution in [2.45, 2.75) is 102 Å². The van der Waals surface area contributed by atoms with Crippen molar-refractivity contribution in [2.75, 3.05) is 13.2 Å². The minimum Gasteiger partial charge on any atom is -0.350 e. The van der Waals surface area contributed by atoms with Gasteiger partial charge < -0.3 is 14.2 Å². The lowest BCUT2D eigenvalue weighted by molar-refractivity contribution is -0.355. The van der Waals surface area contributed by atoms with Gasteiger partial charge in [-0.3, -0.25) is 0 Å². The molecule has 2 aliphatic rings. The molecule has 0 N–H and O–H groups in total. The van der Waals surface area contributed by atoms with E-state index in [1.165, 1.54) is 38.5 Å². The van der Waals surface area contributed by atoms with Crippen LogP contribution in [0.25, 0.3) is 0 Å². The van der Waals surface area contributed by atoms with Crippen LogP contribution >= 0.6 is 0 Å². The summed E-state index contributed by atoms with van der Waals surface area (Å²) < 4.78 is 19.0. The molecule has 2 aliphatic carbocycles. The van der Waals surface area contributed by atoms with E-state index in [1.54, 1.807) is 0 Å². The molecular formula is C18H34O3. The average Bonchev–Trinajstić information content (AvgIpc) is 3.11. The lowest BCUT2D eigenvalue weighted by atomic mass is 10.1. The lowest BCUT2D eigenvalue weighted by Crippen LogP contribution is -2.45. The molecule has 0 spiro atoms. The fourth-order valence-electron chi connectivity index (χ4n) is 3.52. The molecule has 0 unspecified atom stereocenters. The Bertz CT molecular complexity index is 250. The largest absolute Gasteiger partial charge is 0.350 e. The van der Waals surface area contributed by atoms with Gasteiger partial charge in [-0.25, -0.2) is 0 Å². The van der Waals surface area contributed by atoms with E-state index in [9.17, 15) is 0 Å². The van der Waals surface area contributed by atoms with Gasteiger partial charge in [0.05, 0.1) is 13.2 Å². The zero-order chi connectivity index (χ0) is 15.0. The molecule has 2 rings (SSSR count). The first kappa shape index (κ1) is 17.2. The summed E-state index contributed by atoms with van der Waals surface area (Å²) in [5, 5.41) is 0. The quantitative estimate of drug-likeness (QED) is 0.411. The Morgan fingerprint density at radius 1 is 0.667 bits per heavy atom. The molecule has 0 saturated heterocycles. The van der Waals surface area contributed by atoms with Gasteiger partial charge in [0.15, 0.2) is 11.6 Å². The molecule has 2 fully saturated rings. The van der Waals surface area contributed by atoms with Gasteiger partial charge >= 0.3 is 0 Å². The highest BCUT2D eigenvalue weighted by molar-refractivity contribution is 4.85. The van der Waals surface area contributed by atoms with E-state index in [2.05, 4.69) is 13.8 Å². The molecule has 124 valence electrons. The van der Waals surface area contributed by atoms with Crippen molar-refractivity contribution in [3.8, 4) is 0 Å². The van der Waals surface area contributed by atoms with Crippen molar-refractivity contribution in [3.05, 3.63) is 0 Å². The minimum atomic E-state index is -0.355. The molecule has 3 heteroatoms. The highest BCUT2D eigenvalue weighted by Crippen LogP contribution is 2.44. The highest BCUT2D eigenvalue weighted by atomic mass is 16.8. The molecule has 3 nitrogen and oxygen atoms in total. The number of unbranched alkanes of at least 4 members (excludes halogenated alkanes) is 2. The second-order valence-electron chi connectivity index (χ2n) is 6.74. The smallest absolute Gasteiger partial charge is 0.171 e. The maximum atomic E-state index is 6.60. The Labute approximate surface area is 130 Å². The van der Waals surface area contributed by atoms with Crippen LogP contribution in [-0.2, 0) is 14.2 Å². The van der Waals surface area contributed by atoms with Crippen LogP contribution in [0.3, 0.4) is 0 Å². The van der Waals surface area contributed by atoms with Gasteiger partial charge in [0.2, 0.25) is 0 Å². The van der Waals surface area contributed by atoms with Crippen LogP contribution in [0.15, 0.2) is 0 Å². The predicted molar refractivity (Wildman–Crippen MR) is 85.2 cm³/mol. The normalized spacial score (nSPS) is 23.7. The maximum absolute atomic E-state index is 6.60. The van der Waals surface area contributed by atoms with Crippen molar-refractivity contribution in [2.24, 2.45) is 0 Å². The third kappa shape index (κ3) is 4.94. The maximum Gasteiger partial charge on any atom is 0.171 e. The summed E-state index contributed by atoms with van der Waals surface area (Å²) in [6.07, 6.45) is 13.6. The fraction of sp³-hybridized carbons (Fsp3) is 1.00. The third-order valence-corrected chi connectivity index (χ3v) is 4.83. The Kier molecular flexibility index (Phi) is 6.97. The first-order chi connectivity index (χ1) is 10.2. The van der Waals surface area contributed by atoms with E-state index in [1.807, 2.05) is 0 Å². The minimum absolute atomic E-state index is 0.355. The Hall–Kier alpha value is -0.120. The monoisotopic (exact) mass is 298 g/mol. The highest BCUT2D eigenvalue weighted by Gasteiger charge is 2.46. The van der Waals surface area contributed by atoms with Crippen LogP contribution in [0.2, 0.25) is 0 Å². The topological polar surface area (TPSA) is 27.7 Å². The fourth-order valence-corrected chi connectivity index (χ4v) is 3.52. The Morgan fingerprint density at radius 2 is 1.05 bits per heavy atom. The van der Waals surface area contributed by atoms with Crippen molar-refractivity contribution in [1.29, 1.82) is 0 Å². The van der Waals surface area contributed by atoms with E-state index in [4.69, 9.17) is 14.2 Å². The van der Waals surface area contributed by atoms with Crippen molar-refractivity contribution in [3.63, 3.8) is 0 Å². The van der Waals surface area contributed by atoms with Crippen LogP contribution in [0.5, 0.6) is 0 Å². The third-order valence-electron chi connectivity index (χ3n) is 4.83. The molecule has 2 saturated carbocycles. The van der Waals surface area contributed by atoms with E-state index >= 15 is 0 Å². The van der Waals surface area contributed by atoms with Crippen molar-refractivity contribution < 1.29 is 14.2 Å². The van der Waals surface area contributed by atoms with Gasteiger partial charge in [-0.15, -0.1) is 0 Å². The van der Waals surface area contributed by atoms with E-state index in [0.717, 1.165) is 51.7 Å². The van der Waals surface area contributed by atoms with Gasteiger partial charge in [0.25, 0.3) is 0 Å². The van der Waals surface area contributed by atoms with Crippen molar-refractivity contribution >= 4 is 0 Å². The van der Waals surface area contributed by atoms with E-state index in [0.29, 0.717) is 0 Å². The number of rotatable bonds is 10. The predicted octanol–water partition coefficient (Wildman–Crippen LogP) is 5.18. The molecule has 0 bridgehead atoms. The van der Waals surface area contributed by atoms with Crippen molar-refractivity contribution in [1.82, 2.24) is 0 Å². The zero-order valence-electron chi connectivity index (χ0n) is 14.1. The van der Waals surface area contributed by atoms with Gasteiger partial charge in [0, 0.05) is 25.7 Å². The van der Waals surface area contributed by atoms with E-state index < -0.39 is 0 Å².